The van der Waals surface area contributed by atoms with Crippen molar-refractivity contribution in [2.45, 2.75) is 26.1 Å². The number of amides is 1. The minimum Gasteiger partial charge on any atom is -0.479 e. The molecule has 0 spiro atoms. The average Bonchev–Trinajstić information content (AvgIpc) is 2.60. The number of para-hydroxylation sites is 2. The lowest BCUT2D eigenvalue weighted by molar-refractivity contribution is -0.144. The summed E-state index contributed by atoms with van der Waals surface area (Å²) in [5.74, 6) is 0.104. The number of benzene rings is 2. The molecule has 1 heterocycles. The van der Waals surface area contributed by atoms with Crippen LogP contribution in [0.4, 0.5) is 5.69 Å². The van der Waals surface area contributed by atoms with Crippen molar-refractivity contribution in [3.63, 3.8) is 0 Å². The summed E-state index contributed by atoms with van der Waals surface area (Å²) in [5.41, 5.74) is 1.50. The fraction of sp³-hybridized carbons (Fsp3) is 0.263. The molecule has 130 valence electrons. The van der Waals surface area contributed by atoms with E-state index in [1.807, 2.05) is 24.3 Å². The van der Waals surface area contributed by atoms with Crippen molar-refractivity contribution in [2.75, 3.05) is 11.4 Å². The third-order valence-corrected chi connectivity index (χ3v) is 4.14. The van der Waals surface area contributed by atoms with Gasteiger partial charge in [0.2, 0.25) is 0 Å². The Morgan fingerprint density at radius 2 is 2.04 bits per heavy atom. The maximum absolute atomic E-state index is 12.4. The minimum atomic E-state index is -0.572. The van der Waals surface area contributed by atoms with E-state index in [-0.39, 0.29) is 31.4 Å². The van der Waals surface area contributed by atoms with E-state index in [1.165, 1.54) is 0 Å². The van der Waals surface area contributed by atoms with Gasteiger partial charge < -0.3 is 14.4 Å². The molecular weight excluding hydrogens is 342 g/mol. The van der Waals surface area contributed by atoms with Crippen LogP contribution < -0.4 is 9.64 Å². The predicted molar refractivity (Wildman–Crippen MR) is 94.8 cm³/mol. The molecule has 5 nitrogen and oxygen atoms in total. The molecule has 1 atom stereocenters. The van der Waals surface area contributed by atoms with E-state index < -0.39 is 6.10 Å². The second-order valence-corrected chi connectivity index (χ2v) is 6.19. The SMILES string of the molecule is C[C@@H]1Oc2ccccc2N(CCC(=O)OCc2cccc(Cl)c2)C1=O. The van der Waals surface area contributed by atoms with Crippen molar-refractivity contribution in [1.29, 1.82) is 0 Å². The first-order valence-electron chi connectivity index (χ1n) is 8.02. The van der Waals surface area contributed by atoms with Gasteiger partial charge in [-0.3, -0.25) is 9.59 Å². The molecule has 2 aromatic carbocycles. The normalized spacial score (nSPS) is 16.2. The molecule has 0 aromatic heterocycles. The molecule has 0 fully saturated rings. The lowest BCUT2D eigenvalue weighted by atomic mass is 10.2. The first-order valence-corrected chi connectivity index (χ1v) is 8.39. The van der Waals surface area contributed by atoms with Gasteiger partial charge in [-0.1, -0.05) is 35.9 Å². The Morgan fingerprint density at radius 1 is 1.24 bits per heavy atom. The number of halogens is 1. The molecular formula is C19H18ClNO4. The molecule has 3 rings (SSSR count). The lowest BCUT2D eigenvalue weighted by Gasteiger charge is -2.32. The molecule has 0 radical (unpaired) electrons. The van der Waals surface area contributed by atoms with E-state index in [2.05, 4.69) is 0 Å². The number of rotatable bonds is 5. The highest BCUT2D eigenvalue weighted by Gasteiger charge is 2.31. The quantitative estimate of drug-likeness (QED) is 0.765. The highest BCUT2D eigenvalue weighted by atomic mass is 35.5. The largest absolute Gasteiger partial charge is 0.479 e. The predicted octanol–water partition coefficient (Wildman–Crippen LogP) is 3.59. The maximum Gasteiger partial charge on any atom is 0.307 e. The van der Waals surface area contributed by atoms with Crippen LogP contribution >= 0.6 is 11.6 Å². The summed E-state index contributed by atoms with van der Waals surface area (Å²) >= 11 is 5.90. The van der Waals surface area contributed by atoms with Gasteiger partial charge in [0.25, 0.3) is 5.91 Å². The summed E-state index contributed by atoms with van der Waals surface area (Å²) in [4.78, 5) is 25.9. The Labute approximate surface area is 151 Å². The zero-order valence-corrected chi connectivity index (χ0v) is 14.5. The van der Waals surface area contributed by atoms with Crippen molar-refractivity contribution < 1.29 is 19.1 Å². The zero-order chi connectivity index (χ0) is 17.8. The third-order valence-electron chi connectivity index (χ3n) is 3.90. The second kappa shape index (κ2) is 7.57. The Hall–Kier alpha value is -2.53. The first-order chi connectivity index (χ1) is 12.0. The monoisotopic (exact) mass is 359 g/mol. The molecule has 0 unspecified atom stereocenters. The van der Waals surface area contributed by atoms with Gasteiger partial charge in [-0.15, -0.1) is 0 Å². The number of anilines is 1. The van der Waals surface area contributed by atoms with E-state index in [9.17, 15) is 9.59 Å². The van der Waals surface area contributed by atoms with Gasteiger partial charge in [0.1, 0.15) is 12.4 Å². The van der Waals surface area contributed by atoms with E-state index in [1.54, 1.807) is 36.1 Å². The molecule has 0 saturated carbocycles. The van der Waals surface area contributed by atoms with Gasteiger partial charge in [-0.25, -0.2) is 0 Å². The van der Waals surface area contributed by atoms with Crippen LogP contribution in [0.25, 0.3) is 0 Å². The van der Waals surface area contributed by atoms with Crippen LogP contribution in [0, 0.1) is 0 Å². The maximum atomic E-state index is 12.4. The summed E-state index contributed by atoms with van der Waals surface area (Å²) in [7, 11) is 0. The first kappa shape index (κ1) is 17.3. The van der Waals surface area contributed by atoms with E-state index in [4.69, 9.17) is 21.1 Å². The molecule has 0 aliphatic carbocycles. The standard InChI is InChI=1S/C19H18ClNO4/c1-13-19(23)21(16-7-2-3-8-17(16)25-13)10-9-18(22)24-12-14-5-4-6-15(20)11-14/h2-8,11,13H,9-10,12H2,1H3/t13-/m0/s1. The number of ether oxygens (including phenoxy) is 2. The highest BCUT2D eigenvalue weighted by Crippen LogP contribution is 2.33. The highest BCUT2D eigenvalue weighted by molar-refractivity contribution is 6.30. The molecule has 2 aromatic rings. The number of esters is 1. The van der Waals surface area contributed by atoms with Crippen LogP contribution in [0.3, 0.4) is 0 Å². The summed E-state index contributed by atoms with van der Waals surface area (Å²) in [5, 5.41) is 0.595. The van der Waals surface area contributed by atoms with Gasteiger partial charge in [-0.05, 0) is 36.8 Å². The summed E-state index contributed by atoms with van der Waals surface area (Å²) in [6.07, 6.45) is -0.467. The molecule has 6 heteroatoms. The molecule has 0 saturated heterocycles. The Morgan fingerprint density at radius 3 is 2.84 bits per heavy atom. The van der Waals surface area contributed by atoms with Gasteiger partial charge in [0, 0.05) is 11.6 Å². The number of carbonyl (C=O) groups excluding carboxylic acids is 2. The van der Waals surface area contributed by atoms with E-state index >= 15 is 0 Å². The summed E-state index contributed by atoms with van der Waals surface area (Å²) < 4.78 is 10.8. The van der Waals surface area contributed by atoms with Crippen molar-refractivity contribution >= 4 is 29.2 Å². The van der Waals surface area contributed by atoms with Crippen molar-refractivity contribution in [1.82, 2.24) is 0 Å². The van der Waals surface area contributed by atoms with Gasteiger partial charge >= 0.3 is 5.97 Å². The van der Waals surface area contributed by atoms with Crippen LogP contribution in [0.15, 0.2) is 48.5 Å². The van der Waals surface area contributed by atoms with Crippen LogP contribution in [0.2, 0.25) is 5.02 Å². The van der Waals surface area contributed by atoms with Gasteiger partial charge in [-0.2, -0.15) is 0 Å². The smallest absolute Gasteiger partial charge is 0.307 e. The zero-order valence-electron chi connectivity index (χ0n) is 13.8. The van der Waals surface area contributed by atoms with Crippen LogP contribution in [0.1, 0.15) is 18.9 Å². The van der Waals surface area contributed by atoms with Crippen molar-refractivity contribution in [3.8, 4) is 5.75 Å². The molecule has 0 bridgehead atoms. The summed E-state index contributed by atoms with van der Waals surface area (Å²) in [6, 6.07) is 14.4. The second-order valence-electron chi connectivity index (χ2n) is 5.76. The fourth-order valence-corrected chi connectivity index (χ4v) is 2.87. The Kier molecular flexibility index (Phi) is 5.24. The lowest BCUT2D eigenvalue weighted by Crippen LogP contribution is -2.45. The van der Waals surface area contributed by atoms with Crippen LogP contribution in [0.5, 0.6) is 5.75 Å². The average molecular weight is 360 g/mol. The van der Waals surface area contributed by atoms with Gasteiger partial charge in [0.05, 0.1) is 12.1 Å². The molecule has 1 amide bonds. The third kappa shape index (κ3) is 4.12. The molecule has 1 aliphatic heterocycles. The van der Waals surface area contributed by atoms with Crippen molar-refractivity contribution in [2.24, 2.45) is 0 Å². The topological polar surface area (TPSA) is 55.8 Å². The molecule has 1 aliphatic rings. The van der Waals surface area contributed by atoms with Gasteiger partial charge in [0.15, 0.2) is 6.10 Å². The van der Waals surface area contributed by atoms with Crippen molar-refractivity contribution in [3.05, 3.63) is 59.1 Å². The number of fused-ring (bicyclic) bond motifs is 1. The summed E-state index contributed by atoms with van der Waals surface area (Å²) in [6.45, 7) is 2.10. The van der Waals surface area contributed by atoms with Crippen LogP contribution in [-0.2, 0) is 20.9 Å². The molecule has 25 heavy (non-hydrogen) atoms. The number of carbonyl (C=O) groups is 2. The number of hydrogen-bond acceptors (Lipinski definition) is 4. The fourth-order valence-electron chi connectivity index (χ4n) is 2.66. The minimum absolute atomic E-state index is 0.105. The molecule has 0 N–H and O–H groups in total. The Balaban J connectivity index is 1.59. The van der Waals surface area contributed by atoms with Crippen LogP contribution in [-0.4, -0.2) is 24.5 Å². The van der Waals surface area contributed by atoms with E-state index in [0.717, 1.165) is 5.56 Å². The Bertz CT molecular complexity index is 792. The number of nitrogens with zero attached hydrogens (tertiary/aromatic N) is 1. The van der Waals surface area contributed by atoms with E-state index in [0.29, 0.717) is 16.5 Å². The number of hydrogen-bond donors (Lipinski definition) is 0.